The Bertz CT molecular complexity index is 1010. The lowest BCUT2D eigenvalue weighted by Gasteiger charge is -2.08. The van der Waals surface area contributed by atoms with Crippen molar-refractivity contribution in [3.05, 3.63) is 70.5 Å². The summed E-state index contributed by atoms with van der Waals surface area (Å²) in [6.45, 7) is 3.47. The van der Waals surface area contributed by atoms with Crippen molar-refractivity contribution >= 4 is 29.0 Å². The van der Waals surface area contributed by atoms with Crippen molar-refractivity contribution in [3.63, 3.8) is 0 Å². The van der Waals surface area contributed by atoms with Gasteiger partial charge < -0.3 is 10.1 Å². The average molecular weight is 384 g/mol. The van der Waals surface area contributed by atoms with Gasteiger partial charge in [-0.3, -0.25) is 9.59 Å². The number of methoxy groups -OCH3 is 1. The number of anilines is 1. The summed E-state index contributed by atoms with van der Waals surface area (Å²) in [7, 11) is 1.50. The minimum absolute atomic E-state index is 0.288. The van der Waals surface area contributed by atoms with Crippen LogP contribution in [0.15, 0.2) is 48.5 Å². The van der Waals surface area contributed by atoms with Crippen molar-refractivity contribution in [2.75, 3.05) is 12.4 Å². The summed E-state index contributed by atoms with van der Waals surface area (Å²) in [5.74, 6) is -0.925. The van der Waals surface area contributed by atoms with Gasteiger partial charge in [0.05, 0.1) is 34.8 Å². The number of carbonyl (C=O) groups excluding carboxylic acids is 2. The van der Waals surface area contributed by atoms with Gasteiger partial charge in [-0.15, -0.1) is 0 Å². The van der Waals surface area contributed by atoms with Gasteiger partial charge in [0.1, 0.15) is 5.75 Å². The van der Waals surface area contributed by atoms with E-state index in [-0.39, 0.29) is 5.56 Å². The van der Waals surface area contributed by atoms with Crippen LogP contribution in [-0.2, 0) is 4.79 Å². The van der Waals surface area contributed by atoms with Gasteiger partial charge in [0, 0.05) is 5.69 Å². The molecule has 0 saturated carbocycles. The number of rotatable bonds is 5. The van der Waals surface area contributed by atoms with Crippen LogP contribution < -0.4 is 10.1 Å². The molecule has 7 heteroatoms. The van der Waals surface area contributed by atoms with E-state index in [1.54, 1.807) is 30.7 Å². The van der Waals surface area contributed by atoms with Gasteiger partial charge >= 0.3 is 0 Å². The fourth-order valence-electron chi connectivity index (χ4n) is 2.84. The molecule has 0 fully saturated rings. The van der Waals surface area contributed by atoms with Crippen LogP contribution in [0.25, 0.3) is 5.69 Å². The molecule has 138 valence electrons. The molecule has 0 aliphatic rings. The van der Waals surface area contributed by atoms with Gasteiger partial charge in [-0.05, 0) is 44.2 Å². The highest BCUT2D eigenvalue weighted by Gasteiger charge is 2.25. The molecule has 1 amide bonds. The third kappa shape index (κ3) is 3.71. The van der Waals surface area contributed by atoms with Crippen molar-refractivity contribution in [1.82, 2.24) is 9.78 Å². The summed E-state index contributed by atoms with van der Waals surface area (Å²) < 4.78 is 6.73. The summed E-state index contributed by atoms with van der Waals surface area (Å²) >= 11 is 6.06. The van der Waals surface area contributed by atoms with Crippen LogP contribution in [0, 0.1) is 13.8 Å². The number of para-hydroxylation sites is 1. The smallest absolute Gasteiger partial charge is 0.296 e. The van der Waals surface area contributed by atoms with E-state index in [1.165, 1.54) is 13.2 Å². The van der Waals surface area contributed by atoms with Gasteiger partial charge in [-0.25, -0.2) is 4.68 Å². The molecule has 3 aromatic rings. The first-order valence-electron chi connectivity index (χ1n) is 8.23. The number of ketones is 1. The summed E-state index contributed by atoms with van der Waals surface area (Å²) in [5.41, 5.74) is 2.61. The highest BCUT2D eigenvalue weighted by Crippen LogP contribution is 2.27. The summed E-state index contributed by atoms with van der Waals surface area (Å²) in [6.07, 6.45) is 0. The van der Waals surface area contributed by atoms with Gasteiger partial charge in [0.25, 0.3) is 11.7 Å². The number of benzene rings is 2. The number of Topliss-reactive ketones (excluding diaryl/α,β-unsaturated/α-hetero) is 1. The number of hydrogen-bond acceptors (Lipinski definition) is 4. The lowest BCUT2D eigenvalue weighted by atomic mass is 10.1. The molecule has 27 heavy (non-hydrogen) atoms. The van der Waals surface area contributed by atoms with E-state index >= 15 is 0 Å². The van der Waals surface area contributed by atoms with Crippen LogP contribution in [-0.4, -0.2) is 28.6 Å². The lowest BCUT2D eigenvalue weighted by molar-refractivity contribution is -0.112. The Labute approximate surface area is 161 Å². The maximum atomic E-state index is 12.7. The standard InChI is InChI=1S/C20H18ClN3O3/c1-12-18(13(2)24(23-12)15-7-5-4-6-8-15)19(25)20(26)22-14-9-10-17(27-3)16(21)11-14/h4-11H,1-3H3,(H,22,26). The second kappa shape index (κ2) is 7.63. The van der Waals surface area contributed by atoms with Gasteiger partial charge in [0.2, 0.25) is 0 Å². The van der Waals surface area contributed by atoms with Gasteiger partial charge in [-0.1, -0.05) is 29.8 Å². The Morgan fingerprint density at radius 3 is 2.44 bits per heavy atom. The molecule has 2 aromatic carbocycles. The van der Waals surface area contributed by atoms with Crippen molar-refractivity contribution in [3.8, 4) is 11.4 Å². The van der Waals surface area contributed by atoms with E-state index in [2.05, 4.69) is 10.4 Å². The summed E-state index contributed by atoms with van der Waals surface area (Å²) in [5, 5.41) is 7.32. The Kier molecular flexibility index (Phi) is 5.28. The summed E-state index contributed by atoms with van der Waals surface area (Å²) in [6, 6.07) is 14.2. The lowest BCUT2D eigenvalue weighted by Crippen LogP contribution is -2.24. The maximum absolute atomic E-state index is 12.7. The molecule has 1 N–H and O–H groups in total. The van der Waals surface area contributed by atoms with Crippen LogP contribution in [0.1, 0.15) is 21.7 Å². The highest BCUT2D eigenvalue weighted by molar-refractivity contribution is 6.47. The second-order valence-corrected chi connectivity index (χ2v) is 6.33. The molecule has 1 aromatic heterocycles. The Balaban J connectivity index is 1.86. The Hall–Kier alpha value is -3.12. The second-order valence-electron chi connectivity index (χ2n) is 5.93. The van der Waals surface area contributed by atoms with E-state index in [0.717, 1.165) is 5.69 Å². The first kappa shape index (κ1) is 18.7. The van der Waals surface area contributed by atoms with Gasteiger partial charge in [0.15, 0.2) is 0 Å². The summed E-state index contributed by atoms with van der Waals surface area (Å²) in [4.78, 5) is 25.2. The predicted octanol–water partition coefficient (Wildman–Crippen LogP) is 3.97. The number of nitrogens with zero attached hydrogens (tertiary/aromatic N) is 2. The number of aromatic nitrogens is 2. The Morgan fingerprint density at radius 1 is 1.11 bits per heavy atom. The molecule has 0 spiro atoms. The van der Waals surface area contributed by atoms with E-state index in [4.69, 9.17) is 16.3 Å². The normalized spacial score (nSPS) is 10.5. The molecule has 0 aliphatic carbocycles. The van der Waals surface area contributed by atoms with Crippen molar-refractivity contribution in [1.29, 1.82) is 0 Å². The first-order valence-corrected chi connectivity index (χ1v) is 8.61. The topological polar surface area (TPSA) is 73.2 Å². The molecule has 0 aliphatic heterocycles. The van der Waals surface area contributed by atoms with Crippen molar-refractivity contribution in [2.45, 2.75) is 13.8 Å². The van der Waals surface area contributed by atoms with E-state index in [0.29, 0.717) is 27.8 Å². The van der Waals surface area contributed by atoms with Crippen LogP contribution in [0.2, 0.25) is 5.02 Å². The number of carbonyl (C=O) groups is 2. The quantitative estimate of drug-likeness (QED) is 0.534. The minimum Gasteiger partial charge on any atom is -0.495 e. The SMILES string of the molecule is COc1ccc(NC(=O)C(=O)c2c(C)nn(-c3ccccc3)c2C)cc1Cl. The van der Waals surface area contributed by atoms with Crippen LogP contribution >= 0.6 is 11.6 Å². The molecule has 0 saturated heterocycles. The molecular formula is C20H18ClN3O3. The maximum Gasteiger partial charge on any atom is 0.296 e. The molecule has 0 atom stereocenters. The van der Waals surface area contributed by atoms with E-state index in [1.807, 2.05) is 30.3 Å². The molecule has 3 rings (SSSR count). The number of aryl methyl sites for hydroxylation is 1. The number of halogens is 1. The Morgan fingerprint density at radius 2 is 1.81 bits per heavy atom. The number of ether oxygens (including phenoxy) is 1. The fourth-order valence-corrected chi connectivity index (χ4v) is 3.10. The third-order valence-corrected chi connectivity index (χ3v) is 4.43. The minimum atomic E-state index is -0.755. The molecule has 0 radical (unpaired) electrons. The number of amides is 1. The van der Waals surface area contributed by atoms with Crippen molar-refractivity contribution in [2.24, 2.45) is 0 Å². The van der Waals surface area contributed by atoms with Crippen molar-refractivity contribution < 1.29 is 14.3 Å². The third-order valence-electron chi connectivity index (χ3n) is 4.14. The molecular weight excluding hydrogens is 366 g/mol. The molecule has 0 bridgehead atoms. The monoisotopic (exact) mass is 383 g/mol. The van der Waals surface area contributed by atoms with Gasteiger partial charge in [-0.2, -0.15) is 5.10 Å². The zero-order valence-electron chi connectivity index (χ0n) is 15.1. The van der Waals surface area contributed by atoms with E-state index < -0.39 is 11.7 Å². The number of hydrogen-bond donors (Lipinski definition) is 1. The molecule has 6 nitrogen and oxygen atoms in total. The zero-order valence-corrected chi connectivity index (χ0v) is 15.9. The van der Waals surface area contributed by atoms with Crippen LogP contribution in [0.3, 0.4) is 0 Å². The van der Waals surface area contributed by atoms with Crippen LogP contribution in [0.4, 0.5) is 5.69 Å². The first-order chi connectivity index (χ1) is 12.9. The number of nitrogens with one attached hydrogen (secondary N) is 1. The molecule has 0 unspecified atom stereocenters. The highest BCUT2D eigenvalue weighted by atomic mass is 35.5. The van der Waals surface area contributed by atoms with Crippen LogP contribution in [0.5, 0.6) is 5.75 Å². The zero-order chi connectivity index (χ0) is 19.6. The molecule has 1 heterocycles. The average Bonchev–Trinajstić information content (AvgIpc) is 2.96. The largest absolute Gasteiger partial charge is 0.495 e. The predicted molar refractivity (Wildman–Crippen MR) is 104 cm³/mol. The van der Waals surface area contributed by atoms with E-state index in [9.17, 15) is 9.59 Å². The fraction of sp³-hybridized carbons (Fsp3) is 0.150.